The van der Waals surface area contributed by atoms with Crippen molar-refractivity contribution in [3.63, 3.8) is 0 Å². The molecule has 4 aromatic rings. The zero-order valence-corrected chi connectivity index (χ0v) is 24.0. The van der Waals surface area contributed by atoms with E-state index in [1.165, 1.54) is 45.5 Å². The second-order valence-electron chi connectivity index (χ2n) is 6.37. The van der Waals surface area contributed by atoms with Crippen LogP contribution in [0.25, 0.3) is 22.3 Å². The third-order valence-electron chi connectivity index (χ3n) is 3.64. The van der Waals surface area contributed by atoms with Crippen LogP contribution in [0.5, 0.6) is 0 Å². The summed E-state index contributed by atoms with van der Waals surface area (Å²) in [5.74, 6) is 4.42. The summed E-state index contributed by atoms with van der Waals surface area (Å²) in [5, 5.41) is 0. The van der Waals surface area contributed by atoms with Crippen LogP contribution in [0.1, 0.15) is 0 Å². The second kappa shape index (κ2) is 15.7. The molecule has 0 saturated heterocycles. The molecule has 0 heterocycles. The van der Waals surface area contributed by atoms with Crippen LogP contribution in [-0.2, 0) is 21.3 Å². The Morgan fingerprint density at radius 1 is 0.633 bits per heavy atom. The average molecular weight is 670 g/mol. The van der Waals surface area contributed by atoms with Crippen LogP contribution in [0, 0.1) is 11.6 Å². The van der Waals surface area contributed by atoms with Gasteiger partial charge in [-0.05, 0) is 12.1 Å². The minimum absolute atomic E-state index is 0. The maximum Gasteiger partial charge on any atom is -1.00 e. The smallest absolute Gasteiger partial charge is 1.00 e. The molecule has 0 unspecified atom stereocenters. The van der Waals surface area contributed by atoms with E-state index in [0.717, 1.165) is 22.3 Å². The standard InChI is InChI=1S/2C11H8F.C2H6Ge.2ClH.Hf/c2*12-11-7-3-6-10(8-11)9-4-1-2-5-9;1-3-2;;;/h2*1-8H;1-2H3;2*1H;/q2*-1;;;;+2/p-2. The average Bonchev–Trinajstić information content (AvgIpc) is 3.36. The third-order valence-corrected chi connectivity index (χ3v) is 3.64. The Hall–Kier alpha value is -1.01. The first-order chi connectivity index (χ1) is 13.5. The van der Waals surface area contributed by atoms with Crippen LogP contribution in [0.3, 0.4) is 0 Å². The molecule has 0 saturated carbocycles. The summed E-state index contributed by atoms with van der Waals surface area (Å²) in [6.07, 6.45) is 0. The molecule has 4 rings (SSSR count). The summed E-state index contributed by atoms with van der Waals surface area (Å²) in [6, 6.07) is 28.9. The molecule has 0 fully saturated rings. The minimum Gasteiger partial charge on any atom is -1.00 e. The van der Waals surface area contributed by atoms with Crippen molar-refractivity contribution >= 4 is 10.1 Å². The van der Waals surface area contributed by atoms with Crippen LogP contribution in [0.2, 0.25) is 11.5 Å². The molecule has 0 nitrogen and oxygen atoms in total. The summed E-state index contributed by atoms with van der Waals surface area (Å²) in [6.45, 7) is 0. The molecule has 0 N–H and O–H groups in total. The molecule has 0 atom stereocenters. The van der Waals surface area contributed by atoms with Crippen molar-refractivity contribution in [2.75, 3.05) is 0 Å². The van der Waals surface area contributed by atoms with Gasteiger partial charge in [-0.3, -0.25) is 0 Å². The van der Waals surface area contributed by atoms with Crippen molar-refractivity contribution in [2.45, 2.75) is 11.5 Å². The Kier molecular flexibility index (Phi) is 15.2. The van der Waals surface area contributed by atoms with Crippen molar-refractivity contribution in [1.29, 1.82) is 0 Å². The monoisotopic (exact) mass is 672 g/mol. The van der Waals surface area contributed by atoms with E-state index in [1.54, 1.807) is 12.1 Å². The largest absolute Gasteiger partial charge is 1.00 e. The van der Waals surface area contributed by atoms with E-state index in [1.807, 2.05) is 60.7 Å². The molecular formula is C24H22Cl2F2GeHf-2. The predicted octanol–water partition coefficient (Wildman–Crippen LogP) is 1.22. The number of hydrogen-bond donors (Lipinski definition) is 0. The van der Waals surface area contributed by atoms with Gasteiger partial charge in [-0.25, -0.2) is 8.78 Å². The van der Waals surface area contributed by atoms with Crippen LogP contribution in [-0.4, -0.2) is 10.1 Å². The van der Waals surface area contributed by atoms with Gasteiger partial charge < -0.3 is 24.8 Å². The van der Waals surface area contributed by atoms with Crippen molar-refractivity contribution < 1.29 is 54.9 Å². The van der Waals surface area contributed by atoms with Gasteiger partial charge in [-0.1, -0.05) is 35.4 Å². The van der Waals surface area contributed by atoms with Gasteiger partial charge in [-0.2, -0.15) is 24.3 Å². The van der Waals surface area contributed by atoms with Crippen molar-refractivity contribution in [3.8, 4) is 22.3 Å². The molecule has 30 heavy (non-hydrogen) atoms. The Morgan fingerprint density at radius 3 is 1.20 bits per heavy atom. The van der Waals surface area contributed by atoms with Gasteiger partial charge in [0.2, 0.25) is 0 Å². The SMILES string of the molecule is Fc1cccc(-[c-]2cccc2)c1.Fc1cccc(-[c-]2cccc2)c1.[CH3][Ge]([CH3])=[Hf+2].[Cl-].[Cl-]. The molecule has 156 valence electrons. The van der Waals surface area contributed by atoms with Crippen LogP contribution in [0.4, 0.5) is 8.78 Å². The fourth-order valence-electron chi connectivity index (χ4n) is 2.47. The maximum atomic E-state index is 12.8. The quantitative estimate of drug-likeness (QED) is 0.223. The molecule has 0 amide bonds. The second-order valence-corrected chi connectivity index (χ2v) is 29.2. The van der Waals surface area contributed by atoms with Crippen molar-refractivity contribution in [1.82, 2.24) is 0 Å². The van der Waals surface area contributed by atoms with Gasteiger partial charge in [0.05, 0.1) is 11.6 Å². The van der Waals surface area contributed by atoms with Gasteiger partial charge in [0.15, 0.2) is 0 Å². The first-order valence-corrected chi connectivity index (χ1v) is 23.5. The Morgan fingerprint density at radius 2 is 0.933 bits per heavy atom. The number of hydrogen-bond acceptors (Lipinski definition) is 0. The van der Waals surface area contributed by atoms with Crippen LogP contribution >= 0.6 is 0 Å². The van der Waals surface area contributed by atoms with Gasteiger partial charge in [0, 0.05) is 0 Å². The molecular weight excluding hydrogens is 648 g/mol. The summed E-state index contributed by atoms with van der Waals surface area (Å²) in [5.41, 5.74) is 3.99. The van der Waals surface area contributed by atoms with Crippen LogP contribution < -0.4 is 24.8 Å². The molecule has 0 bridgehead atoms. The summed E-state index contributed by atoms with van der Waals surface area (Å²) >= 11 is 1.52. The van der Waals surface area contributed by atoms with Crippen molar-refractivity contribution in [2.24, 2.45) is 0 Å². The predicted molar refractivity (Wildman–Crippen MR) is 112 cm³/mol. The normalized spacial score (nSPS) is 9.00. The first kappa shape index (κ1) is 29.0. The van der Waals surface area contributed by atoms with E-state index >= 15 is 0 Å². The Bertz CT molecular complexity index is 904. The molecule has 0 aliphatic heterocycles. The molecule has 6 heteroatoms. The number of benzene rings is 2. The molecule has 0 spiro atoms. The van der Waals surface area contributed by atoms with E-state index in [4.69, 9.17) is 0 Å². The Labute approximate surface area is 206 Å². The van der Waals surface area contributed by atoms with Gasteiger partial charge in [-0.15, -0.1) is 47.5 Å². The zero-order valence-electron chi connectivity index (χ0n) is 16.7. The number of rotatable bonds is 2. The molecule has 0 aliphatic carbocycles. The van der Waals surface area contributed by atoms with Gasteiger partial charge in [0.25, 0.3) is 0 Å². The third kappa shape index (κ3) is 10.9. The fraction of sp³-hybridized carbons (Fsp3) is 0.0833. The van der Waals surface area contributed by atoms with E-state index in [-0.39, 0.29) is 46.5 Å². The van der Waals surface area contributed by atoms with Gasteiger partial charge >= 0.3 is 42.8 Å². The summed E-state index contributed by atoms with van der Waals surface area (Å²) in [4.78, 5) is 0. The molecule has 4 aromatic carbocycles. The van der Waals surface area contributed by atoms with E-state index in [0.29, 0.717) is 0 Å². The van der Waals surface area contributed by atoms with Gasteiger partial charge in [0.1, 0.15) is 0 Å². The zero-order chi connectivity index (χ0) is 20.4. The van der Waals surface area contributed by atoms with Crippen molar-refractivity contribution in [3.05, 3.63) is 109 Å². The van der Waals surface area contributed by atoms with Crippen LogP contribution in [0.15, 0.2) is 97.1 Å². The summed E-state index contributed by atoms with van der Waals surface area (Å²) < 4.78 is 25.5. The fourth-order valence-corrected chi connectivity index (χ4v) is 2.47. The van der Waals surface area contributed by atoms with E-state index in [2.05, 4.69) is 11.5 Å². The minimum atomic E-state index is -0.194. The first-order valence-electron chi connectivity index (χ1n) is 8.93. The molecule has 0 radical (unpaired) electrons. The maximum absolute atomic E-state index is 12.8. The molecule has 0 aliphatic rings. The molecule has 0 aromatic heterocycles. The van der Waals surface area contributed by atoms with E-state index in [9.17, 15) is 8.78 Å². The topological polar surface area (TPSA) is 0 Å². The van der Waals surface area contributed by atoms with E-state index < -0.39 is 0 Å². The summed E-state index contributed by atoms with van der Waals surface area (Å²) in [7, 11) is -0.194. The number of halogens is 4. The Balaban J connectivity index is 0.000000452.